The van der Waals surface area contributed by atoms with Gasteiger partial charge in [0.25, 0.3) is 0 Å². The van der Waals surface area contributed by atoms with E-state index in [0.717, 1.165) is 5.41 Å². The van der Waals surface area contributed by atoms with Crippen molar-refractivity contribution in [3.8, 4) is 0 Å². The van der Waals surface area contributed by atoms with E-state index in [1.165, 1.54) is 0 Å². The lowest BCUT2D eigenvalue weighted by Crippen LogP contribution is -2.15. The normalized spacial score (nSPS) is 13.4. The van der Waals surface area contributed by atoms with Crippen LogP contribution in [0.1, 0.15) is 0 Å². The van der Waals surface area contributed by atoms with Crippen molar-refractivity contribution in [1.29, 1.82) is 0 Å². The third kappa shape index (κ3) is 3.01. The lowest BCUT2D eigenvalue weighted by Gasteiger charge is -2.09. The van der Waals surface area contributed by atoms with E-state index in [-0.39, 0.29) is 5.57 Å². The molecule has 0 amide bonds. The first-order valence-corrected chi connectivity index (χ1v) is 3.69. The Morgan fingerprint density at radius 2 is 1.90 bits per heavy atom. The third-order valence-corrected chi connectivity index (χ3v) is 1.53. The summed E-state index contributed by atoms with van der Waals surface area (Å²) in [5, 5.41) is 9.28. The summed E-state index contributed by atoms with van der Waals surface area (Å²) in [7, 11) is 0. The second-order valence-corrected chi connectivity index (χ2v) is 3.89. The average Bonchev–Trinajstić information content (AvgIpc) is 1.60. The van der Waals surface area contributed by atoms with Gasteiger partial charge in [0.15, 0.2) is 0 Å². The monoisotopic (exact) mass is 220 g/mol. The smallest absolute Gasteiger partial charge is 0.336 e. The summed E-state index contributed by atoms with van der Waals surface area (Å²) in [5.41, 5.74) is -0.374. The number of carbonyl (C=O) groups is 1. The first-order chi connectivity index (χ1) is 4.39. The number of thiol groups is 1. The van der Waals surface area contributed by atoms with E-state index in [1.54, 1.807) is 0 Å². The molecule has 0 atom stereocenters. The molecule has 0 rings (SSSR count). The molecule has 0 radical (unpaired) electrons. The van der Waals surface area contributed by atoms with Gasteiger partial charge in [-0.1, -0.05) is 34.8 Å². The minimum absolute atomic E-state index is 0.374. The SMILES string of the molecule is O=C(O)/C(=C\S)C(Cl)(Cl)Cl. The first-order valence-electron chi connectivity index (χ1n) is 2.04. The minimum Gasteiger partial charge on any atom is -0.478 e. The molecule has 10 heavy (non-hydrogen) atoms. The molecule has 2 nitrogen and oxygen atoms in total. The number of hydrogen-bond acceptors (Lipinski definition) is 2. The predicted molar refractivity (Wildman–Crippen MR) is 45.0 cm³/mol. The fourth-order valence-corrected chi connectivity index (χ4v) is 1.19. The van der Waals surface area contributed by atoms with Crippen molar-refractivity contribution in [3.63, 3.8) is 0 Å². The maximum atomic E-state index is 10.2. The van der Waals surface area contributed by atoms with Gasteiger partial charge in [0.2, 0.25) is 3.79 Å². The molecular formula is C4H3Cl3O2S. The second-order valence-electron chi connectivity index (χ2n) is 1.35. The number of carboxylic acids is 1. The summed E-state index contributed by atoms with van der Waals surface area (Å²) in [6, 6.07) is 0. The highest BCUT2D eigenvalue weighted by Gasteiger charge is 2.30. The number of alkyl halides is 3. The maximum absolute atomic E-state index is 10.2. The van der Waals surface area contributed by atoms with Crippen molar-refractivity contribution in [2.24, 2.45) is 0 Å². The number of aliphatic carboxylic acids is 1. The van der Waals surface area contributed by atoms with Gasteiger partial charge < -0.3 is 5.11 Å². The van der Waals surface area contributed by atoms with Gasteiger partial charge in [0.05, 0.1) is 5.57 Å². The molecular weight excluding hydrogens is 218 g/mol. The minimum atomic E-state index is -1.91. The molecule has 0 aliphatic carbocycles. The third-order valence-electron chi connectivity index (χ3n) is 0.665. The van der Waals surface area contributed by atoms with E-state index in [0.29, 0.717) is 0 Å². The predicted octanol–water partition coefficient (Wildman–Crippen LogP) is 2.25. The summed E-state index contributed by atoms with van der Waals surface area (Å²) in [4.78, 5) is 10.2. The van der Waals surface area contributed by atoms with Crippen LogP contribution in [-0.4, -0.2) is 14.9 Å². The Morgan fingerprint density at radius 3 is 1.90 bits per heavy atom. The second kappa shape index (κ2) is 3.72. The van der Waals surface area contributed by atoms with Crippen LogP contribution in [0.4, 0.5) is 0 Å². The topological polar surface area (TPSA) is 37.3 Å². The van der Waals surface area contributed by atoms with Gasteiger partial charge in [-0.2, -0.15) is 12.6 Å². The van der Waals surface area contributed by atoms with Crippen LogP contribution in [0.2, 0.25) is 0 Å². The fraction of sp³-hybridized carbons (Fsp3) is 0.250. The summed E-state index contributed by atoms with van der Waals surface area (Å²) in [6.45, 7) is 0. The molecule has 1 N–H and O–H groups in total. The van der Waals surface area contributed by atoms with Crippen LogP contribution in [0.15, 0.2) is 11.0 Å². The van der Waals surface area contributed by atoms with Crippen LogP contribution >= 0.6 is 47.4 Å². The molecule has 0 saturated carbocycles. The van der Waals surface area contributed by atoms with E-state index in [9.17, 15) is 4.79 Å². The lowest BCUT2D eigenvalue weighted by molar-refractivity contribution is -0.132. The Kier molecular flexibility index (Phi) is 3.88. The largest absolute Gasteiger partial charge is 0.478 e. The van der Waals surface area contributed by atoms with Gasteiger partial charge in [0, 0.05) is 0 Å². The van der Waals surface area contributed by atoms with E-state index < -0.39 is 9.76 Å². The van der Waals surface area contributed by atoms with Crippen molar-refractivity contribution < 1.29 is 9.90 Å². The van der Waals surface area contributed by atoms with Crippen molar-refractivity contribution in [3.05, 3.63) is 11.0 Å². The standard InChI is InChI=1S/C4H3Cl3O2S/c5-4(6,7)2(1-10)3(8)9/h1,10H,(H,8,9)/b2-1+. The molecule has 58 valence electrons. The van der Waals surface area contributed by atoms with E-state index >= 15 is 0 Å². The average molecular weight is 221 g/mol. The van der Waals surface area contributed by atoms with Crippen molar-refractivity contribution >= 4 is 53.4 Å². The molecule has 0 unspecified atom stereocenters. The molecule has 0 aromatic rings. The first kappa shape index (κ1) is 10.4. The van der Waals surface area contributed by atoms with Crippen LogP contribution in [0.3, 0.4) is 0 Å². The molecule has 0 heterocycles. The van der Waals surface area contributed by atoms with Gasteiger partial charge in [0.1, 0.15) is 0 Å². The molecule has 0 aromatic heterocycles. The molecule has 0 aliphatic heterocycles. The van der Waals surface area contributed by atoms with Gasteiger partial charge in [-0.3, -0.25) is 0 Å². The van der Waals surface area contributed by atoms with Crippen LogP contribution in [0, 0.1) is 0 Å². The van der Waals surface area contributed by atoms with Gasteiger partial charge >= 0.3 is 5.97 Å². The van der Waals surface area contributed by atoms with E-state index in [1.807, 2.05) is 0 Å². The molecule has 0 aromatic carbocycles. The quantitative estimate of drug-likeness (QED) is 0.405. The van der Waals surface area contributed by atoms with Crippen LogP contribution in [0.5, 0.6) is 0 Å². The van der Waals surface area contributed by atoms with Gasteiger partial charge in [-0.15, -0.1) is 0 Å². The summed E-state index contributed by atoms with van der Waals surface area (Å²) >= 11 is 19.2. The van der Waals surface area contributed by atoms with Crippen molar-refractivity contribution in [2.75, 3.05) is 0 Å². The number of hydrogen-bond donors (Lipinski definition) is 2. The highest BCUT2D eigenvalue weighted by atomic mass is 35.6. The molecule has 0 bridgehead atoms. The zero-order valence-electron chi connectivity index (χ0n) is 4.51. The summed E-state index contributed by atoms with van der Waals surface area (Å²) in [6.07, 6.45) is 0. The highest BCUT2D eigenvalue weighted by molar-refractivity contribution is 7.83. The molecule has 0 fully saturated rings. The van der Waals surface area contributed by atoms with E-state index in [2.05, 4.69) is 12.6 Å². The Labute approximate surface area is 78.2 Å². The Balaban J connectivity index is 4.56. The van der Waals surface area contributed by atoms with Crippen molar-refractivity contribution in [1.82, 2.24) is 0 Å². The molecule has 0 saturated heterocycles. The van der Waals surface area contributed by atoms with Crippen LogP contribution in [0.25, 0.3) is 0 Å². The van der Waals surface area contributed by atoms with E-state index in [4.69, 9.17) is 39.9 Å². The fourth-order valence-electron chi connectivity index (χ4n) is 0.250. The molecule has 6 heteroatoms. The zero-order chi connectivity index (χ0) is 8.36. The lowest BCUT2D eigenvalue weighted by atomic mass is 10.3. The zero-order valence-corrected chi connectivity index (χ0v) is 7.68. The number of rotatable bonds is 1. The summed E-state index contributed by atoms with van der Waals surface area (Å²) < 4.78 is -1.91. The Hall–Kier alpha value is 0.430. The van der Waals surface area contributed by atoms with Crippen LogP contribution in [-0.2, 0) is 4.79 Å². The van der Waals surface area contributed by atoms with Gasteiger partial charge in [-0.25, -0.2) is 4.79 Å². The Morgan fingerprint density at radius 1 is 1.50 bits per heavy atom. The number of carboxylic acid groups (broad SMARTS) is 1. The van der Waals surface area contributed by atoms with Crippen molar-refractivity contribution in [2.45, 2.75) is 3.79 Å². The van der Waals surface area contributed by atoms with Gasteiger partial charge in [-0.05, 0) is 5.41 Å². The molecule has 0 spiro atoms. The maximum Gasteiger partial charge on any atom is 0.336 e. The van der Waals surface area contributed by atoms with Crippen LogP contribution < -0.4 is 0 Å². The Bertz CT molecular complexity index is 172. The number of halogens is 3. The summed E-state index contributed by atoms with van der Waals surface area (Å²) in [5.74, 6) is -1.30. The molecule has 0 aliphatic rings. The highest BCUT2D eigenvalue weighted by Crippen LogP contribution is 2.34.